The molecule has 0 aliphatic rings. The number of aryl methyl sites for hydroxylation is 1. The topological polar surface area (TPSA) is 44.5 Å². The Balaban J connectivity index is 2.19. The number of hydrogen-bond donors (Lipinski definition) is 1. The normalized spacial score (nSPS) is 10.4. The highest BCUT2D eigenvalue weighted by molar-refractivity contribution is 5.43. The standard InChI is InChI=1S/C16H18FNO2/c1-11-3-5-14(17)8-13(11)10-20-16-7-12(9-18)4-6-15(16)19-2/h3-8H,9-10,18H2,1-2H3. The van der Waals surface area contributed by atoms with Crippen LogP contribution in [-0.2, 0) is 13.2 Å². The minimum atomic E-state index is -0.267. The van der Waals surface area contributed by atoms with Crippen LogP contribution >= 0.6 is 0 Å². The Morgan fingerprint density at radius 2 is 1.90 bits per heavy atom. The quantitative estimate of drug-likeness (QED) is 0.911. The van der Waals surface area contributed by atoms with Crippen molar-refractivity contribution in [2.24, 2.45) is 5.73 Å². The highest BCUT2D eigenvalue weighted by atomic mass is 19.1. The van der Waals surface area contributed by atoms with Crippen molar-refractivity contribution in [3.8, 4) is 11.5 Å². The van der Waals surface area contributed by atoms with E-state index >= 15 is 0 Å². The molecule has 20 heavy (non-hydrogen) atoms. The van der Waals surface area contributed by atoms with E-state index in [-0.39, 0.29) is 12.4 Å². The van der Waals surface area contributed by atoms with Gasteiger partial charge in [0.05, 0.1) is 7.11 Å². The summed E-state index contributed by atoms with van der Waals surface area (Å²) < 4.78 is 24.2. The molecular formula is C16H18FNO2. The Morgan fingerprint density at radius 1 is 1.10 bits per heavy atom. The van der Waals surface area contributed by atoms with E-state index in [1.807, 2.05) is 25.1 Å². The van der Waals surface area contributed by atoms with Gasteiger partial charge in [-0.15, -0.1) is 0 Å². The predicted octanol–water partition coefficient (Wildman–Crippen LogP) is 3.18. The molecule has 2 rings (SSSR count). The maximum Gasteiger partial charge on any atom is 0.161 e. The van der Waals surface area contributed by atoms with Gasteiger partial charge in [-0.1, -0.05) is 12.1 Å². The van der Waals surface area contributed by atoms with Crippen LogP contribution in [0.15, 0.2) is 36.4 Å². The predicted molar refractivity (Wildman–Crippen MR) is 76.4 cm³/mol. The van der Waals surface area contributed by atoms with E-state index in [1.165, 1.54) is 12.1 Å². The van der Waals surface area contributed by atoms with Gasteiger partial charge >= 0.3 is 0 Å². The average molecular weight is 275 g/mol. The van der Waals surface area contributed by atoms with Crippen molar-refractivity contribution in [3.63, 3.8) is 0 Å². The van der Waals surface area contributed by atoms with Gasteiger partial charge in [0.2, 0.25) is 0 Å². The Labute approximate surface area is 118 Å². The molecule has 0 heterocycles. The van der Waals surface area contributed by atoms with Crippen molar-refractivity contribution in [1.29, 1.82) is 0 Å². The van der Waals surface area contributed by atoms with Crippen molar-refractivity contribution in [1.82, 2.24) is 0 Å². The molecule has 4 heteroatoms. The average Bonchev–Trinajstić information content (AvgIpc) is 2.47. The monoisotopic (exact) mass is 275 g/mol. The third-order valence-electron chi connectivity index (χ3n) is 3.16. The second kappa shape index (κ2) is 6.39. The number of ether oxygens (including phenoxy) is 2. The van der Waals surface area contributed by atoms with Crippen LogP contribution in [0.25, 0.3) is 0 Å². The highest BCUT2D eigenvalue weighted by Gasteiger charge is 2.07. The minimum Gasteiger partial charge on any atom is -0.493 e. The van der Waals surface area contributed by atoms with Crippen molar-refractivity contribution in [2.75, 3.05) is 7.11 Å². The number of hydrogen-bond acceptors (Lipinski definition) is 3. The fourth-order valence-electron chi connectivity index (χ4n) is 1.91. The molecule has 0 fully saturated rings. The fourth-order valence-corrected chi connectivity index (χ4v) is 1.91. The Bertz CT molecular complexity index is 599. The van der Waals surface area contributed by atoms with Gasteiger partial charge in [-0.3, -0.25) is 0 Å². The molecule has 0 amide bonds. The van der Waals surface area contributed by atoms with Crippen LogP contribution in [0.4, 0.5) is 4.39 Å². The molecule has 0 unspecified atom stereocenters. The summed E-state index contributed by atoms with van der Waals surface area (Å²) in [5.74, 6) is 0.979. The van der Waals surface area contributed by atoms with Crippen molar-refractivity contribution in [3.05, 3.63) is 58.9 Å². The third-order valence-corrected chi connectivity index (χ3v) is 3.16. The zero-order valence-corrected chi connectivity index (χ0v) is 11.7. The molecule has 2 aromatic carbocycles. The molecule has 0 aliphatic carbocycles. The van der Waals surface area contributed by atoms with Crippen LogP contribution in [-0.4, -0.2) is 7.11 Å². The van der Waals surface area contributed by atoms with E-state index in [2.05, 4.69) is 0 Å². The van der Waals surface area contributed by atoms with Gasteiger partial charge in [-0.05, 0) is 47.9 Å². The summed E-state index contributed by atoms with van der Waals surface area (Å²) in [7, 11) is 1.58. The zero-order valence-electron chi connectivity index (χ0n) is 11.7. The van der Waals surface area contributed by atoms with Crippen LogP contribution in [0.5, 0.6) is 11.5 Å². The van der Waals surface area contributed by atoms with Crippen LogP contribution in [0.2, 0.25) is 0 Å². The SMILES string of the molecule is COc1ccc(CN)cc1OCc1cc(F)ccc1C. The Hall–Kier alpha value is -2.07. The lowest BCUT2D eigenvalue weighted by molar-refractivity contribution is 0.283. The second-order valence-corrected chi connectivity index (χ2v) is 4.55. The molecule has 2 N–H and O–H groups in total. The lowest BCUT2D eigenvalue weighted by Crippen LogP contribution is -2.02. The summed E-state index contributed by atoms with van der Waals surface area (Å²) in [6.07, 6.45) is 0. The number of rotatable bonds is 5. The summed E-state index contributed by atoms with van der Waals surface area (Å²) in [6, 6.07) is 10.2. The van der Waals surface area contributed by atoms with Gasteiger partial charge in [-0.25, -0.2) is 4.39 Å². The van der Waals surface area contributed by atoms with Crippen LogP contribution in [0.3, 0.4) is 0 Å². The van der Waals surface area contributed by atoms with Gasteiger partial charge < -0.3 is 15.2 Å². The van der Waals surface area contributed by atoms with Gasteiger partial charge in [0.25, 0.3) is 0 Å². The largest absolute Gasteiger partial charge is 0.493 e. The maximum atomic E-state index is 13.2. The number of halogens is 1. The van der Waals surface area contributed by atoms with Crippen LogP contribution in [0.1, 0.15) is 16.7 Å². The summed E-state index contributed by atoms with van der Waals surface area (Å²) >= 11 is 0. The van der Waals surface area contributed by atoms with E-state index in [1.54, 1.807) is 13.2 Å². The molecule has 0 atom stereocenters. The molecule has 106 valence electrons. The van der Waals surface area contributed by atoms with E-state index in [4.69, 9.17) is 15.2 Å². The zero-order chi connectivity index (χ0) is 14.5. The molecule has 0 spiro atoms. The third kappa shape index (κ3) is 3.27. The molecule has 0 saturated carbocycles. The summed E-state index contributed by atoms with van der Waals surface area (Å²) in [6.45, 7) is 2.64. The first-order valence-electron chi connectivity index (χ1n) is 6.39. The smallest absolute Gasteiger partial charge is 0.161 e. The first-order valence-corrected chi connectivity index (χ1v) is 6.39. The van der Waals surface area contributed by atoms with Gasteiger partial charge in [0.15, 0.2) is 11.5 Å². The molecular weight excluding hydrogens is 257 g/mol. The van der Waals surface area contributed by atoms with Crippen molar-refractivity contribution >= 4 is 0 Å². The molecule has 2 aromatic rings. The lowest BCUT2D eigenvalue weighted by Gasteiger charge is -2.13. The molecule has 0 aromatic heterocycles. The Kier molecular flexibility index (Phi) is 4.58. The first kappa shape index (κ1) is 14.3. The van der Waals surface area contributed by atoms with E-state index < -0.39 is 0 Å². The summed E-state index contributed by atoms with van der Waals surface area (Å²) in [5.41, 5.74) is 8.37. The van der Waals surface area contributed by atoms with Crippen LogP contribution in [0, 0.1) is 12.7 Å². The van der Waals surface area contributed by atoms with Crippen molar-refractivity contribution < 1.29 is 13.9 Å². The molecule has 0 saturated heterocycles. The summed E-state index contributed by atoms with van der Waals surface area (Å²) in [5, 5.41) is 0. The van der Waals surface area contributed by atoms with Gasteiger partial charge in [-0.2, -0.15) is 0 Å². The molecule has 3 nitrogen and oxygen atoms in total. The van der Waals surface area contributed by atoms with E-state index in [9.17, 15) is 4.39 Å². The second-order valence-electron chi connectivity index (χ2n) is 4.55. The van der Waals surface area contributed by atoms with Gasteiger partial charge in [0, 0.05) is 6.54 Å². The molecule has 0 aliphatic heterocycles. The number of nitrogens with two attached hydrogens (primary N) is 1. The van der Waals surface area contributed by atoms with E-state index in [0.29, 0.717) is 18.0 Å². The number of benzene rings is 2. The molecule has 0 radical (unpaired) electrons. The fraction of sp³-hybridized carbons (Fsp3) is 0.250. The maximum absolute atomic E-state index is 13.2. The molecule has 0 bridgehead atoms. The van der Waals surface area contributed by atoms with E-state index in [0.717, 1.165) is 16.7 Å². The highest BCUT2D eigenvalue weighted by Crippen LogP contribution is 2.29. The van der Waals surface area contributed by atoms with Crippen LogP contribution < -0.4 is 15.2 Å². The lowest BCUT2D eigenvalue weighted by atomic mass is 10.1. The summed E-state index contributed by atoms with van der Waals surface area (Å²) in [4.78, 5) is 0. The van der Waals surface area contributed by atoms with Crippen molar-refractivity contribution in [2.45, 2.75) is 20.1 Å². The van der Waals surface area contributed by atoms with Gasteiger partial charge in [0.1, 0.15) is 12.4 Å². The minimum absolute atomic E-state index is 0.267. The Morgan fingerprint density at radius 3 is 2.60 bits per heavy atom. The number of methoxy groups -OCH3 is 1. The first-order chi connectivity index (χ1) is 9.63.